The quantitative estimate of drug-likeness (QED) is 0.858. The van der Waals surface area contributed by atoms with Crippen LogP contribution in [0.5, 0.6) is 5.75 Å². The highest BCUT2D eigenvalue weighted by Crippen LogP contribution is 2.24. The predicted octanol–water partition coefficient (Wildman–Crippen LogP) is 0.644. The van der Waals surface area contributed by atoms with Gasteiger partial charge in [0, 0.05) is 20.2 Å². The van der Waals surface area contributed by atoms with E-state index < -0.39 is 16.0 Å². The van der Waals surface area contributed by atoms with Gasteiger partial charge in [-0.05, 0) is 12.1 Å². The Bertz CT molecular complexity index is 536. The topological polar surface area (TPSA) is 83.9 Å². The van der Waals surface area contributed by atoms with Gasteiger partial charge < -0.3 is 9.84 Å². The standard InChI is InChI=1S/C10H13NO5S/c1-11(2)17(14,15)7-4-5-8(10(12)13)9(6-7)16-3/h4-6H,1-3H3,(H,12,13). The normalized spacial score (nSPS) is 11.5. The molecule has 0 aromatic heterocycles. The molecule has 6 nitrogen and oxygen atoms in total. The van der Waals surface area contributed by atoms with E-state index in [0.29, 0.717) is 0 Å². The lowest BCUT2D eigenvalue weighted by Gasteiger charge is -2.13. The Kier molecular flexibility index (Phi) is 3.74. The number of carboxylic acid groups (broad SMARTS) is 1. The van der Waals surface area contributed by atoms with E-state index in [1.807, 2.05) is 0 Å². The molecule has 0 spiro atoms. The summed E-state index contributed by atoms with van der Waals surface area (Å²) in [6.07, 6.45) is 0. The molecular weight excluding hydrogens is 246 g/mol. The molecule has 1 rings (SSSR count). The van der Waals surface area contributed by atoms with Gasteiger partial charge >= 0.3 is 5.97 Å². The van der Waals surface area contributed by atoms with Crippen LogP contribution in [-0.4, -0.2) is 45.0 Å². The number of benzene rings is 1. The molecule has 1 N–H and O–H groups in total. The van der Waals surface area contributed by atoms with Crippen molar-refractivity contribution in [1.82, 2.24) is 4.31 Å². The van der Waals surface area contributed by atoms with Crippen molar-refractivity contribution in [3.8, 4) is 5.75 Å². The van der Waals surface area contributed by atoms with Crippen LogP contribution in [0.3, 0.4) is 0 Å². The summed E-state index contributed by atoms with van der Waals surface area (Å²) in [6.45, 7) is 0. The summed E-state index contributed by atoms with van der Waals surface area (Å²) in [7, 11) is 0.486. The van der Waals surface area contributed by atoms with Crippen molar-refractivity contribution in [2.24, 2.45) is 0 Å². The fraction of sp³-hybridized carbons (Fsp3) is 0.300. The van der Waals surface area contributed by atoms with Gasteiger partial charge in [0.05, 0.1) is 12.0 Å². The molecule has 0 aliphatic carbocycles. The minimum atomic E-state index is -3.59. The minimum absolute atomic E-state index is 0.00986. The van der Waals surface area contributed by atoms with Crippen LogP contribution in [0.4, 0.5) is 0 Å². The number of hydrogen-bond acceptors (Lipinski definition) is 4. The molecule has 0 radical (unpaired) electrons. The van der Waals surface area contributed by atoms with Crippen LogP contribution < -0.4 is 4.74 Å². The number of carboxylic acids is 1. The third-order valence-corrected chi connectivity index (χ3v) is 3.99. The molecule has 1 aromatic rings. The lowest BCUT2D eigenvalue weighted by atomic mass is 10.2. The van der Waals surface area contributed by atoms with Crippen molar-refractivity contribution >= 4 is 16.0 Å². The SMILES string of the molecule is COc1cc(S(=O)(=O)N(C)C)ccc1C(=O)O. The molecule has 1 aromatic carbocycles. The highest BCUT2D eigenvalue weighted by molar-refractivity contribution is 7.89. The second kappa shape index (κ2) is 4.72. The zero-order chi connectivity index (χ0) is 13.2. The number of sulfonamides is 1. The van der Waals surface area contributed by atoms with Gasteiger partial charge in [-0.1, -0.05) is 0 Å². The molecule has 0 aliphatic rings. The number of ether oxygens (including phenoxy) is 1. The summed E-state index contributed by atoms with van der Waals surface area (Å²) < 4.78 is 29.5. The van der Waals surface area contributed by atoms with Crippen LogP contribution in [-0.2, 0) is 10.0 Å². The lowest BCUT2D eigenvalue weighted by Crippen LogP contribution is -2.22. The van der Waals surface area contributed by atoms with Crippen LogP contribution in [0.1, 0.15) is 10.4 Å². The molecule has 0 heterocycles. The lowest BCUT2D eigenvalue weighted by molar-refractivity contribution is 0.0693. The molecule has 0 bridgehead atoms. The van der Waals surface area contributed by atoms with Crippen molar-refractivity contribution in [2.45, 2.75) is 4.90 Å². The Balaban J connectivity index is 3.38. The van der Waals surface area contributed by atoms with Crippen molar-refractivity contribution in [3.05, 3.63) is 23.8 Å². The first-order valence-electron chi connectivity index (χ1n) is 4.64. The van der Waals surface area contributed by atoms with E-state index in [1.54, 1.807) is 0 Å². The second-order valence-corrected chi connectivity index (χ2v) is 5.61. The van der Waals surface area contributed by atoms with Gasteiger partial charge in [0.15, 0.2) is 0 Å². The summed E-state index contributed by atoms with van der Waals surface area (Å²) >= 11 is 0. The van der Waals surface area contributed by atoms with Crippen molar-refractivity contribution in [1.29, 1.82) is 0 Å². The molecule has 17 heavy (non-hydrogen) atoms. The first-order valence-corrected chi connectivity index (χ1v) is 6.08. The fourth-order valence-electron chi connectivity index (χ4n) is 1.22. The Morgan fingerprint density at radius 2 is 1.94 bits per heavy atom. The molecule has 0 unspecified atom stereocenters. The molecule has 94 valence electrons. The predicted molar refractivity (Wildman–Crippen MR) is 60.8 cm³/mol. The molecule has 0 atom stereocenters. The molecule has 0 saturated carbocycles. The zero-order valence-electron chi connectivity index (χ0n) is 9.67. The van der Waals surface area contributed by atoms with E-state index in [2.05, 4.69) is 0 Å². The van der Waals surface area contributed by atoms with Gasteiger partial charge in [-0.25, -0.2) is 17.5 Å². The Morgan fingerprint density at radius 3 is 2.35 bits per heavy atom. The van der Waals surface area contributed by atoms with Crippen molar-refractivity contribution in [3.63, 3.8) is 0 Å². The summed E-state index contributed by atoms with van der Waals surface area (Å²) in [5.41, 5.74) is -0.0785. The smallest absolute Gasteiger partial charge is 0.339 e. The summed E-state index contributed by atoms with van der Waals surface area (Å²) in [5.74, 6) is -1.16. The van der Waals surface area contributed by atoms with E-state index in [-0.39, 0.29) is 16.2 Å². The highest BCUT2D eigenvalue weighted by Gasteiger charge is 2.20. The Hall–Kier alpha value is -1.60. The van der Waals surface area contributed by atoms with Crippen LogP contribution in [0, 0.1) is 0 Å². The van der Waals surface area contributed by atoms with Crippen molar-refractivity contribution in [2.75, 3.05) is 21.2 Å². The maximum atomic E-state index is 11.8. The summed E-state index contributed by atoms with van der Waals surface area (Å²) in [6, 6.07) is 3.64. The van der Waals surface area contributed by atoms with Gasteiger partial charge in [0.25, 0.3) is 0 Å². The Morgan fingerprint density at radius 1 is 1.35 bits per heavy atom. The number of hydrogen-bond donors (Lipinski definition) is 1. The van der Waals surface area contributed by atoms with E-state index in [0.717, 1.165) is 4.31 Å². The minimum Gasteiger partial charge on any atom is -0.496 e. The molecule has 0 amide bonds. The monoisotopic (exact) mass is 259 g/mol. The second-order valence-electron chi connectivity index (χ2n) is 3.45. The van der Waals surface area contributed by atoms with Gasteiger partial charge in [0.1, 0.15) is 11.3 Å². The van der Waals surface area contributed by atoms with Crippen LogP contribution in [0.25, 0.3) is 0 Å². The highest BCUT2D eigenvalue weighted by atomic mass is 32.2. The summed E-state index contributed by atoms with van der Waals surface area (Å²) in [4.78, 5) is 10.8. The van der Waals surface area contributed by atoms with Crippen LogP contribution in [0.2, 0.25) is 0 Å². The maximum absolute atomic E-state index is 11.8. The van der Waals surface area contributed by atoms with Gasteiger partial charge in [-0.2, -0.15) is 0 Å². The van der Waals surface area contributed by atoms with E-state index in [1.165, 1.54) is 39.4 Å². The third-order valence-electron chi connectivity index (χ3n) is 2.18. The van der Waals surface area contributed by atoms with E-state index >= 15 is 0 Å². The third kappa shape index (κ3) is 2.56. The first-order chi connectivity index (χ1) is 7.80. The molecular formula is C10H13NO5S. The molecule has 0 saturated heterocycles. The molecule has 0 fully saturated rings. The first kappa shape index (κ1) is 13.5. The zero-order valence-corrected chi connectivity index (χ0v) is 10.5. The van der Waals surface area contributed by atoms with Gasteiger partial charge in [-0.3, -0.25) is 0 Å². The Labute approximate surface area is 99.5 Å². The van der Waals surface area contributed by atoms with E-state index in [4.69, 9.17) is 9.84 Å². The number of methoxy groups -OCH3 is 1. The average molecular weight is 259 g/mol. The van der Waals surface area contributed by atoms with Gasteiger partial charge in [0.2, 0.25) is 10.0 Å². The number of nitrogens with zero attached hydrogens (tertiary/aromatic N) is 1. The number of rotatable bonds is 4. The number of carbonyl (C=O) groups is 1. The number of aromatic carboxylic acids is 1. The molecule has 7 heteroatoms. The van der Waals surface area contributed by atoms with Gasteiger partial charge in [-0.15, -0.1) is 0 Å². The summed E-state index contributed by atoms with van der Waals surface area (Å²) in [5, 5.41) is 8.86. The van der Waals surface area contributed by atoms with E-state index in [9.17, 15) is 13.2 Å². The largest absolute Gasteiger partial charge is 0.496 e. The molecule has 0 aliphatic heterocycles. The van der Waals surface area contributed by atoms with Crippen molar-refractivity contribution < 1.29 is 23.1 Å². The van der Waals surface area contributed by atoms with Crippen LogP contribution in [0.15, 0.2) is 23.1 Å². The fourth-order valence-corrected chi connectivity index (χ4v) is 2.14. The maximum Gasteiger partial charge on any atom is 0.339 e. The average Bonchev–Trinajstić information content (AvgIpc) is 2.27. The van der Waals surface area contributed by atoms with Crippen LogP contribution >= 0.6 is 0 Å².